The number of nitrogens with zero attached hydrogens (tertiary/aromatic N) is 1. The van der Waals surface area contributed by atoms with E-state index in [0.29, 0.717) is 23.7 Å². The van der Waals surface area contributed by atoms with E-state index in [1.54, 1.807) is 36.9 Å². The molecule has 1 aromatic carbocycles. The Bertz CT molecular complexity index is 754. The zero-order valence-electron chi connectivity index (χ0n) is 15.8. The lowest BCUT2D eigenvalue weighted by Gasteiger charge is -2.29. The number of amides is 1. The van der Waals surface area contributed by atoms with Crippen molar-refractivity contribution in [3.8, 4) is 5.75 Å². The van der Waals surface area contributed by atoms with E-state index < -0.39 is 20.7 Å². The van der Waals surface area contributed by atoms with Gasteiger partial charge in [0.1, 0.15) is 12.4 Å². The van der Waals surface area contributed by atoms with Gasteiger partial charge in [0.25, 0.3) is 0 Å². The summed E-state index contributed by atoms with van der Waals surface area (Å²) in [7, 11) is -3.46. The molecule has 0 aromatic heterocycles. The summed E-state index contributed by atoms with van der Waals surface area (Å²) in [6.07, 6.45) is 0. The summed E-state index contributed by atoms with van der Waals surface area (Å²) in [6.45, 7) is 11.9. The van der Waals surface area contributed by atoms with Crippen molar-refractivity contribution in [1.29, 1.82) is 0 Å². The highest BCUT2D eigenvalue weighted by atomic mass is 32.2. The predicted octanol–water partition coefficient (Wildman–Crippen LogP) is 3.24. The van der Waals surface area contributed by atoms with Crippen LogP contribution in [0.2, 0.25) is 0 Å². The number of benzene rings is 1. The highest BCUT2D eigenvalue weighted by Gasteiger charge is 2.38. The summed E-state index contributed by atoms with van der Waals surface area (Å²) < 4.78 is 32.7. The Morgan fingerprint density at radius 2 is 1.88 bits per heavy atom. The number of fused-ring (bicyclic) bond motifs is 1. The van der Waals surface area contributed by atoms with Gasteiger partial charge in [0.2, 0.25) is 15.9 Å². The molecule has 25 heavy (non-hydrogen) atoms. The van der Waals surface area contributed by atoms with Crippen LogP contribution in [-0.2, 0) is 14.8 Å². The van der Waals surface area contributed by atoms with Crippen molar-refractivity contribution in [1.82, 2.24) is 0 Å². The molecule has 0 atom stereocenters. The molecule has 0 saturated heterocycles. The minimum atomic E-state index is -3.46. The average molecular weight is 368 g/mol. The molecule has 1 heterocycles. The van der Waals surface area contributed by atoms with Crippen LogP contribution in [0.25, 0.3) is 0 Å². The molecule has 0 fully saturated rings. The lowest BCUT2D eigenvalue weighted by Crippen LogP contribution is -2.43. The molecule has 6 nitrogen and oxygen atoms in total. The molecule has 1 aliphatic rings. The Morgan fingerprint density at radius 1 is 1.24 bits per heavy atom. The van der Waals surface area contributed by atoms with Crippen molar-refractivity contribution in [2.24, 2.45) is 11.3 Å². The number of hydrogen-bond acceptors (Lipinski definition) is 4. The summed E-state index contributed by atoms with van der Waals surface area (Å²) in [4.78, 5) is 14.7. The van der Waals surface area contributed by atoms with E-state index in [4.69, 9.17) is 4.74 Å². The molecule has 0 spiro atoms. The Hall–Kier alpha value is -1.76. The molecule has 1 aromatic rings. The molecule has 1 aliphatic heterocycles. The minimum Gasteiger partial charge on any atom is -0.490 e. The Balaban J connectivity index is 2.48. The molecule has 0 radical (unpaired) electrons. The van der Waals surface area contributed by atoms with Crippen molar-refractivity contribution in [3.63, 3.8) is 0 Å². The van der Waals surface area contributed by atoms with Gasteiger partial charge in [0.05, 0.1) is 22.0 Å². The third kappa shape index (κ3) is 4.26. The molecule has 1 amide bonds. The van der Waals surface area contributed by atoms with Crippen LogP contribution in [0.15, 0.2) is 18.2 Å². The highest BCUT2D eigenvalue weighted by Crippen LogP contribution is 2.38. The van der Waals surface area contributed by atoms with Gasteiger partial charge in [-0.15, -0.1) is 0 Å². The summed E-state index contributed by atoms with van der Waals surface area (Å²) in [6, 6.07) is 5.06. The monoisotopic (exact) mass is 368 g/mol. The number of nitrogens with one attached hydrogen (secondary N) is 1. The first-order valence-corrected chi connectivity index (χ1v) is 10.1. The Kier molecular flexibility index (Phi) is 5.37. The fourth-order valence-corrected chi connectivity index (χ4v) is 3.23. The zero-order valence-corrected chi connectivity index (χ0v) is 16.6. The number of carbonyl (C=O) groups is 1. The molecule has 0 saturated carbocycles. The molecular weight excluding hydrogens is 340 g/mol. The van der Waals surface area contributed by atoms with Gasteiger partial charge in [-0.1, -0.05) is 13.8 Å². The first-order chi connectivity index (χ1) is 11.4. The summed E-state index contributed by atoms with van der Waals surface area (Å²) in [5, 5.41) is -0.546. The predicted molar refractivity (Wildman–Crippen MR) is 101 cm³/mol. The van der Waals surface area contributed by atoms with Crippen molar-refractivity contribution >= 4 is 27.3 Å². The van der Waals surface area contributed by atoms with E-state index in [2.05, 4.69) is 4.72 Å². The lowest BCUT2D eigenvalue weighted by molar-refractivity contribution is -0.127. The molecule has 7 heteroatoms. The van der Waals surface area contributed by atoms with Gasteiger partial charge in [0.15, 0.2) is 0 Å². The van der Waals surface area contributed by atoms with E-state index >= 15 is 0 Å². The van der Waals surface area contributed by atoms with Gasteiger partial charge in [-0.2, -0.15) is 0 Å². The lowest BCUT2D eigenvalue weighted by atomic mass is 9.92. The van der Waals surface area contributed by atoms with E-state index in [1.165, 1.54) is 0 Å². The molecular formula is C18H28N2O4S. The van der Waals surface area contributed by atoms with E-state index in [1.807, 2.05) is 27.7 Å². The number of ether oxygens (including phenoxy) is 1. The Labute approximate surface area is 150 Å². The smallest absolute Gasteiger partial charge is 0.236 e. The van der Waals surface area contributed by atoms with E-state index in [9.17, 15) is 13.2 Å². The quantitative estimate of drug-likeness (QED) is 0.866. The number of anilines is 2. The van der Waals surface area contributed by atoms with Crippen LogP contribution in [0.3, 0.4) is 0 Å². The van der Waals surface area contributed by atoms with Crippen LogP contribution < -0.4 is 14.4 Å². The topological polar surface area (TPSA) is 75.7 Å². The average Bonchev–Trinajstić information content (AvgIpc) is 2.57. The minimum absolute atomic E-state index is 0.0242. The van der Waals surface area contributed by atoms with Gasteiger partial charge in [-0.25, -0.2) is 8.42 Å². The summed E-state index contributed by atoms with van der Waals surface area (Å²) >= 11 is 0. The molecule has 2 rings (SSSR count). The van der Waals surface area contributed by atoms with Crippen LogP contribution in [0.1, 0.15) is 41.5 Å². The fraction of sp³-hybridized carbons (Fsp3) is 0.611. The van der Waals surface area contributed by atoms with Crippen LogP contribution in [0.5, 0.6) is 5.75 Å². The molecule has 0 unspecified atom stereocenters. The third-order valence-corrected chi connectivity index (χ3v) is 5.85. The van der Waals surface area contributed by atoms with Crippen LogP contribution >= 0.6 is 0 Å². The normalized spacial score (nSPS) is 17.3. The third-order valence-electron chi connectivity index (χ3n) is 4.09. The van der Waals surface area contributed by atoms with Crippen molar-refractivity contribution < 1.29 is 17.9 Å². The first-order valence-electron chi connectivity index (χ1n) is 8.54. The maximum Gasteiger partial charge on any atom is 0.236 e. The maximum absolute atomic E-state index is 13.0. The standard InChI is InChI=1S/C18H28N2O4S/c1-12(2)10-20-15-9-14(19-25(22,23)13(3)4)7-8-16(15)24-11-18(5,6)17(20)21/h7-9,12-13,19H,10-11H2,1-6H3. The van der Waals surface area contributed by atoms with Gasteiger partial charge in [0, 0.05) is 6.54 Å². The van der Waals surface area contributed by atoms with Crippen molar-refractivity contribution in [2.75, 3.05) is 22.8 Å². The second kappa shape index (κ2) is 6.86. The highest BCUT2D eigenvalue weighted by molar-refractivity contribution is 7.93. The Morgan fingerprint density at radius 3 is 2.44 bits per heavy atom. The number of rotatable bonds is 5. The van der Waals surface area contributed by atoms with Crippen LogP contribution in [-0.4, -0.2) is 32.7 Å². The first kappa shape index (κ1) is 19.6. The van der Waals surface area contributed by atoms with E-state index in [-0.39, 0.29) is 18.4 Å². The van der Waals surface area contributed by atoms with Crippen LogP contribution in [0.4, 0.5) is 11.4 Å². The second-order valence-electron chi connectivity index (χ2n) is 7.86. The second-order valence-corrected chi connectivity index (χ2v) is 10.1. The molecule has 140 valence electrons. The van der Waals surface area contributed by atoms with E-state index in [0.717, 1.165) is 0 Å². The number of sulfonamides is 1. The van der Waals surface area contributed by atoms with Crippen molar-refractivity contribution in [2.45, 2.75) is 46.8 Å². The van der Waals surface area contributed by atoms with Gasteiger partial charge >= 0.3 is 0 Å². The number of carbonyl (C=O) groups excluding carboxylic acids is 1. The maximum atomic E-state index is 13.0. The molecule has 0 aliphatic carbocycles. The van der Waals surface area contributed by atoms with Crippen molar-refractivity contribution in [3.05, 3.63) is 18.2 Å². The zero-order chi connectivity index (χ0) is 19.0. The number of hydrogen-bond donors (Lipinski definition) is 1. The van der Waals surface area contributed by atoms with Gasteiger partial charge in [-0.3, -0.25) is 9.52 Å². The van der Waals surface area contributed by atoms with Crippen LogP contribution in [0, 0.1) is 11.3 Å². The SMILES string of the molecule is CC(C)CN1C(=O)C(C)(C)COc2ccc(NS(=O)(=O)C(C)C)cc21. The van der Waals surface area contributed by atoms with Gasteiger partial charge in [-0.05, 0) is 51.8 Å². The molecule has 0 bridgehead atoms. The fourth-order valence-electron chi connectivity index (χ4n) is 2.54. The largest absolute Gasteiger partial charge is 0.490 e. The summed E-state index contributed by atoms with van der Waals surface area (Å²) in [5.41, 5.74) is 0.386. The van der Waals surface area contributed by atoms with Gasteiger partial charge < -0.3 is 9.64 Å². The summed E-state index contributed by atoms with van der Waals surface area (Å²) in [5.74, 6) is 0.831. The molecule has 1 N–H and O–H groups in total.